The Hall–Kier alpha value is -1.62. The predicted octanol–water partition coefficient (Wildman–Crippen LogP) is 1.75. The van der Waals surface area contributed by atoms with Crippen molar-refractivity contribution in [2.45, 2.75) is 51.7 Å². The van der Waals surface area contributed by atoms with E-state index < -0.39 is 6.10 Å². The van der Waals surface area contributed by atoms with Crippen LogP contribution in [0.2, 0.25) is 0 Å². The molecule has 21 heavy (non-hydrogen) atoms. The molecular weight excluding hydrogens is 266 g/mol. The summed E-state index contributed by atoms with van der Waals surface area (Å²) in [7, 11) is 0. The number of hydrogen-bond donors (Lipinski definition) is 1. The molecule has 0 radical (unpaired) electrons. The lowest BCUT2D eigenvalue weighted by atomic mass is 10.1. The van der Waals surface area contributed by atoms with E-state index in [1.54, 1.807) is 13.1 Å². The van der Waals surface area contributed by atoms with Crippen molar-refractivity contribution in [1.29, 1.82) is 0 Å². The van der Waals surface area contributed by atoms with Crippen LogP contribution in [-0.4, -0.2) is 41.0 Å². The molecule has 2 unspecified atom stereocenters. The Morgan fingerprint density at radius 1 is 1.43 bits per heavy atom. The van der Waals surface area contributed by atoms with Gasteiger partial charge in [0, 0.05) is 31.2 Å². The monoisotopic (exact) mass is 291 g/mol. The van der Waals surface area contributed by atoms with E-state index in [0.29, 0.717) is 5.75 Å². The first-order chi connectivity index (χ1) is 10.1. The second kappa shape index (κ2) is 7.41. The molecule has 1 fully saturated rings. The van der Waals surface area contributed by atoms with Crippen LogP contribution in [0, 0.1) is 0 Å². The Balaban J connectivity index is 1.88. The Morgan fingerprint density at radius 2 is 2.14 bits per heavy atom. The number of hydrogen-bond acceptors (Lipinski definition) is 4. The molecule has 0 aromatic carbocycles. The van der Waals surface area contributed by atoms with Crippen molar-refractivity contribution in [1.82, 2.24) is 9.88 Å². The van der Waals surface area contributed by atoms with Gasteiger partial charge in [0.2, 0.25) is 0 Å². The fraction of sp³-hybridized carbons (Fsp3) is 0.625. The highest BCUT2D eigenvalue weighted by atomic mass is 16.5. The van der Waals surface area contributed by atoms with E-state index in [1.807, 2.05) is 17.0 Å². The van der Waals surface area contributed by atoms with Crippen molar-refractivity contribution in [3.8, 4) is 5.75 Å². The van der Waals surface area contributed by atoms with Gasteiger partial charge in [0.15, 0.2) is 6.10 Å². The van der Waals surface area contributed by atoms with Crippen LogP contribution in [0.1, 0.15) is 38.8 Å². The molecule has 0 bridgehead atoms. The topological polar surface area (TPSA) is 68.5 Å². The number of carbonyl (C=O) groups excluding carboxylic acids is 1. The van der Waals surface area contributed by atoms with Crippen molar-refractivity contribution < 1.29 is 9.53 Å². The van der Waals surface area contributed by atoms with E-state index >= 15 is 0 Å². The smallest absolute Gasteiger partial charge is 0.263 e. The third kappa shape index (κ3) is 4.43. The maximum Gasteiger partial charge on any atom is 0.263 e. The van der Waals surface area contributed by atoms with Crippen molar-refractivity contribution in [2.75, 3.05) is 13.1 Å². The van der Waals surface area contributed by atoms with Crippen LogP contribution < -0.4 is 10.5 Å². The summed E-state index contributed by atoms with van der Waals surface area (Å²) < 4.78 is 5.69. The first-order valence-electron chi connectivity index (χ1n) is 7.76. The molecule has 5 heteroatoms. The summed E-state index contributed by atoms with van der Waals surface area (Å²) >= 11 is 0. The minimum absolute atomic E-state index is 0.0598. The Morgan fingerprint density at radius 3 is 2.71 bits per heavy atom. The molecule has 2 heterocycles. The van der Waals surface area contributed by atoms with Gasteiger partial charge in [-0.25, -0.2) is 0 Å². The lowest BCUT2D eigenvalue weighted by Gasteiger charge is -2.21. The van der Waals surface area contributed by atoms with E-state index in [1.165, 1.54) is 0 Å². The number of amides is 1. The summed E-state index contributed by atoms with van der Waals surface area (Å²) in [5.74, 6) is 0.688. The molecule has 0 spiro atoms. The molecular formula is C16H25N3O2. The molecule has 0 saturated carbocycles. The number of carbonyl (C=O) groups is 1. The van der Waals surface area contributed by atoms with Crippen LogP contribution in [0.5, 0.6) is 5.75 Å². The Labute approximate surface area is 126 Å². The van der Waals surface area contributed by atoms with Crippen molar-refractivity contribution in [3.05, 3.63) is 24.0 Å². The summed E-state index contributed by atoms with van der Waals surface area (Å²) in [5.41, 5.74) is 6.87. The highest BCUT2D eigenvalue weighted by Crippen LogP contribution is 2.15. The largest absolute Gasteiger partial charge is 0.479 e. The first kappa shape index (κ1) is 15.8. The average molecular weight is 291 g/mol. The molecule has 1 aliphatic rings. The van der Waals surface area contributed by atoms with Crippen LogP contribution in [0.25, 0.3) is 0 Å². The van der Waals surface area contributed by atoms with Gasteiger partial charge >= 0.3 is 0 Å². The number of nitrogens with two attached hydrogens (primary N) is 1. The van der Waals surface area contributed by atoms with Gasteiger partial charge in [-0.1, -0.05) is 6.92 Å². The number of pyridine rings is 1. The average Bonchev–Trinajstić information content (AvgIpc) is 3.02. The van der Waals surface area contributed by atoms with E-state index in [-0.39, 0.29) is 11.9 Å². The summed E-state index contributed by atoms with van der Waals surface area (Å²) in [6.45, 7) is 5.55. The molecule has 2 rings (SSSR count). The predicted molar refractivity (Wildman–Crippen MR) is 82.1 cm³/mol. The van der Waals surface area contributed by atoms with E-state index in [4.69, 9.17) is 10.5 Å². The number of rotatable bonds is 6. The number of aromatic nitrogens is 1. The normalized spacial score (nSPS) is 17.6. The summed E-state index contributed by atoms with van der Waals surface area (Å²) in [5, 5.41) is 0. The number of likely N-dealkylation sites (tertiary alicyclic amines) is 1. The van der Waals surface area contributed by atoms with E-state index in [2.05, 4.69) is 11.9 Å². The maximum absolute atomic E-state index is 12.2. The van der Waals surface area contributed by atoms with Gasteiger partial charge in [-0.3, -0.25) is 9.78 Å². The number of nitrogens with zero attached hydrogens (tertiary/aromatic N) is 2. The number of ether oxygens (including phenoxy) is 1. The zero-order valence-electron chi connectivity index (χ0n) is 12.9. The van der Waals surface area contributed by atoms with E-state index in [9.17, 15) is 4.79 Å². The minimum Gasteiger partial charge on any atom is -0.479 e. The van der Waals surface area contributed by atoms with Crippen LogP contribution in [0.15, 0.2) is 18.3 Å². The van der Waals surface area contributed by atoms with Gasteiger partial charge in [-0.05, 0) is 38.3 Å². The fourth-order valence-electron chi connectivity index (χ4n) is 2.46. The minimum atomic E-state index is -0.464. The highest BCUT2D eigenvalue weighted by Gasteiger charge is 2.24. The SMILES string of the molecule is CCC(N)Cc1ccc(OC(C)C(=O)N2CCCC2)cn1. The zero-order chi connectivity index (χ0) is 15.2. The molecule has 1 amide bonds. The van der Waals surface area contributed by atoms with Crippen LogP contribution in [0.3, 0.4) is 0 Å². The van der Waals surface area contributed by atoms with Crippen molar-refractivity contribution in [3.63, 3.8) is 0 Å². The molecule has 1 aromatic heterocycles. The van der Waals surface area contributed by atoms with Gasteiger partial charge in [0.1, 0.15) is 5.75 Å². The van der Waals surface area contributed by atoms with Crippen LogP contribution in [0.4, 0.5) is 0 Å². The lowest BCUT2D eigenvalue weighted by Crippen LogP contribution is -2.38. The molecule has 5 nitrogen and oxygen atoms in total. The molecule has 0 aliphatic carbocycles. The van der Waals surface area contributed by atoms with Gasteiger partial charge in [-0.2, -0.15) is 0 Å². The molecule has 2 atom stereocenters. The fourth-order valence-corrected chi connectivity index (χ4v) is 2.46. The summed E-state index contributed by atoms with van der Waals surface area (Å²) in [4.78, 5) is 18.4. The third-order valence-electron chi connectivity index (χ3n) is 3.87. The van der Waals surface area contributed by atoms with Gasteiger partial charge in [0.05, 0.1) is 6.20 Å². The van der Waals surface area contributed by atoms with Gasteiger partial charge < -0.3 is 15.4 Å². The van der Waals surface area contributed by atoms with E-state index in [0.717, 1.165) is 44.5 Å². The first-order valence-corrected chi connectivity index (χ1v) is 7.76. The second-order valence-corrected chi connectivity index (χ2v) is 5.65. The molecule has 1 saturated heterocycles. The van der Waals surface area contributed by atoms with Crippen LogP contribution >= 0.6 is 0 Å². The zero-order valence-corrected chi connectivity index (χ0v) is 12.9. The maximum atomic E-state index is 12.2. The van der Waals surface area contributed by atoms with Gasteiger partial charge in [-0.15, -0.1) is 0 Å². The van der Waals surface area contributed by atoms with Crippen molar-refractivity contribution in [2.24, 2.45) is 5.73 Å². The summed E-state index contributed by atoms with van der Waals surface area (Å²) in [6.07, 6.45) is 5.08. The van der Waals surface area contributed by atoms with Crippen LogP contribution in [-0.2, 0) is 11.2 Å². The standard InChI is InChI=1S/C16H25N3O2/c1-3-13(17)10-14-6-7-15(11-18-14)21-12(2)16(20)19-8-4-5-9-19/h6-7,11-13H,3-5,8-10,17H2,1-2H3. The highest BCUT2D eigenvalue weighted by molar-refractivity contribution is 5.81. The Kier molecular flexibility index (Phi) is 5.56. The molecule has 116 valence electrons. The third-order valence-corrected chi connectivity index (χ3v) is 3.87. The molecule has 1 aromatic rings. The van der Waals surface area contributed by atoms with Gasteiger partial charge in [0.25, 0.3) is 5.91 Å². The Bertz CT molecular complexity index is 455. The second-order valence-electron chi connectivity index (χ2n) is 5.65. The van der Waals surface area contributed by atoms with Crippen molar-refractivity contribution >= 4 is 5.91 Å². The summed E-state index contributed by atoms with van der Waals surface area (Å²) in [6, 6.07) is 3.91. The molecule has 1 aliphatic heterocycles. The molecule has 2 N–H and O–H groups in total. The quantitative estimate of drug-likeness (QED) is 0.867. The lowest BCUT2D eigenvalue weighted by molar-refractivity contribution is -0.136.